The van der Waals surface area contributed by atoms with Gasteiger partial charge in [-0.3, -0.25) is 14.7 Å². The van der Waals surface area contributed by atoms with Crippen LogP contribution in [-0.2, 0) is 9.59 Å². The van der Waals surface area contributed by atoms with Gasteiger partial charge in [0.15, 0.2) is 12.4 Å². The van der Waals surface area contributed by atoms with Gasteiger partial charge in [-0.25, -0.2) is 9.37 Å². The van der Waals surface area contributed by atoms with Crippen LogP contribution in [0.25, 0.3) is 0 Å². The van der Waals surface area contributed by atoms with Crippen molar-refractivity contribution in [3.05, 3.63) is 41.7 Å². The maximum Gasteiger partial charge on any atom is 0.260 e. The van der Waals surface area contributed by atoms with E-state index in [9.17, 15) is 14.0 Å². The fraction of sp³-hybridized carbons (Fsp3) is 0.524. The molecule has 0 unspecified atom stereocenters. The van der Waals surface area contributed by atoms with Crippen LogP contribution in [0.3, 0.4) is 0 Å². The number of hydrogen-bond donors (Lipinski definition) is 2. The summed E-state index contributed by atoms with van der Waals surface area (Å²) < 4.78 is 18.5. The SMILES string of the molecule is Cc1nc([C@@H]2CN(C(=O)COc3ccc(F)cc3)C[C@H]2NC(=O)C2CCCC2)n[nH]1. The second-order valence-electron chi connectivity index (χ2n) is 8.02. The fourth-order valence-corrected chi connectivity index (χ4v) is 4.20. The molecule has 30 heavy (non-hydrogen) atoms. The molecule has 0 spiro atoms. The van der Waals surface area contributed by atoms with Gasteiger partial charge < -0.3 is 15.0 Å². The lowest BCUT2D eigenvalue weighted by Crippen LogP contribution is -2.43. The quantitative estimate of drug-likeness (QED) is 0.751. The molecular formula is C21H26FN5O3. The number of halogens is 1. The Morgan fingerprint density at radius 2 is 1.97 bits per heavy atom. The zero-order valence-corrected chi connectivity index (χ0v) is 16.9. The van der Waals surface area contributed by atoms with E-state index in [1.807, 2.05) is 6.92 Å². The topological polar surface area (TPSA) is 100 Å². The molecule has 1 aliphatic carbocycles. The fourth-order valence-electron chi connectivity index (χ4n) is 4.20. The first-order valence-electron chi connectivity index (χ1n) is 10.3. The highest BCUT2D eigenvalue weighted by atomic mass is 19.1. The number of aryl methyl sites for hydroxylation is 1. The third-order valence-corrected chi connectivity index (χ3v) is 5.85. The number of nitrogens with zero attached hydrogens (tertiary/aromatic N) is 3. The van der Waals surface area contributed by atoms with Crippen LogP contribution in [0.15, 0.2) is 24.3 Å². The average molecular weight is 415 g/mol. The summed E-state index contributed by atoms with van der Waals surface area (Å²) in [6.07, 6.45) is 3.99. The minimum atomic E-state index is -0.362. The van der Waals surface area contributed by atoms with Gasteiger partial charge in [0.2, 0.25) is 5.91 Å². The molecule has 2 fully saturated rings. The van der Waals surface area contributed by atoms with Crippen molar-refractivity contribution in [2.24, 2.45) is 5.92 Å². The predicted octanol–water partition coefficient (Wildman–Crippen LogP) is 1.93. The van der Waals surface area contributed by atoms with E-state index in [1.54, 1.807) is 4.90 Å². The van der Waals surface area contributed by atoms with Crippen LogP contribution in [0.2, 0.25) is 0 Å². The van der Waals surface area contributed by atoms with Gasteiger partial charge in [-0.05, 0) is 44.0 Å². The summed E-state index contributed by atoms with van der Waals surface area (Å²) in [5, 5.41) is 10.2. The van der Waals surface area contributed by atoms with Gasteiger partial charge in [0.25, 0.3) is 5.91 Å². The van der Waals surface area contributed by atoms with Gasteiger partial charge in [-0.1, -0.05) is 12.8 Å². The largest absolute Gasteiger partial charge is 0.484 e. The maximum atomic E-state index is 13.0. The van der Waals surface area contributed by atoms with Crippen LogP contribution < -0.4 is 10.1 Å². The summed E-state index contributed by atoms with van der Waals surface area (Å²) in [5.74, 6) is 1.06. The first-order valence-corrected chi connectivity index (χ1v) is 10.3. The Labute approximate surface area is 174 Å². The van der Waals surface area contributed by atoms with Crippen molar-refractivity contribution in [2.75, 3.05) is 19.7 Å². The number of aromatic amines is 1. The molecule has 1 saturated carbocycles. The Morgan fingerprint density at radius 1 is 1.23 bits per heavy atom. The Morgan fingerprint density at radius 3 is 2.63 bits per heavy atom. The van der Waals surface area contributed by atoms with Crippen molar-refractivity contribution in [2.45, 2.75) is 44.6 Å². The number of likely N-dealkylation sites (tertiary alicyclic amines) is 1. The molecule has 0 radical (unpaired) electrons. The zero-order chi connectivity index (χ0) is 21.1. The van der Waals surface area contributed by atoms with E-state index in [1.165, 1.54) is 24.3 Å². The normalized spacial score (nSPS) is 21.7. The molecule has 2 N–H and O–H groups in total. The molecule has 2 aromatic rings. The zero-order valence-electron chi connectivity index (χ0n) is 16.9. The number of carbonyl (C=O) groups is 2. The maximum absolute atomic E-state index is 13.0. The number of carbonyl (C=O) groups excluding carboxylic acids is 2. The Balaban J connectivity index is 1.41. The summed E-state index contributed by atoms with van der Waals surface area (Å²) in [7, 11) is 0. The smallest absolute Gasteiger partial charge is 0.260 e. The summed E-state index contributed by atoms with van der Waals surface area (Å²) in [6, 6.07) is 5.29. The number of aromatic nitrogens is 3. The van der Waals surface area contributed by atoms with E-state index in [4.69, 9.17) is 4.74 Å². The molecule has 2 amide bonds. The lowest BCUT2D eigenvalue weighted by Gasteiger charge is -2.20. The number of nitrogens with one attached hydrogen (secondary N) is 2. The van der Waals surface area contributed by atoms with Crippen molar-refractivity contribution in [3.63, 3.8) is 0 Å². The van der Waals surface area contributed by atoms with Crippen molar-refractivity contribution < 1.29 is 18.7 Å². The second kappa shape index (κ2) is 8.81. The van der Waals surface area contributed by atoms with Gasteiger partial charge >= 0.3 is 0 Å². The third-order valence-electron chi connectivity index (χ3n) is 5.85. The molecule has 1 saturated heterocycles. The van der Waals surface area contributed by atoms with Crippen LogP contribution in [-0.4, -0.2) is 57.6 Å². The Bertz CT molecular complexity index is 894. The van der Waals surface area contributed by atoms with Crippen LogP contribution in [0.1, 0.15) is 43.3 Å². The lowest BCUT2D eigenvalue weighted by molar-refractivity contribution is -0.132. The van der Waals surface area contributed by atoms with Crippen LogP contribution >= 0.6 is 0 Å². The van der Waals surface area contributed by atoms with Gasteiger partial charge in [0.05, 0.1) is 12.0 Å². The molecule has 160 valence electrons. The van der Waals surface area contributed by atoms with E-state index in [0.717, 1.165) is 25.7 Å². The number of amides is 2. The van der Waals surface area contributed by atoms with Crippen molar-refractivity contribution in [1.29, 1.82) is 0 Å². The van der Waals surface area contributed by atoms with Crippen molar-refractivity contribution in [1.82, 2.24) is 25.4 Å². The number of H-pyrrole nitrogens is 1. The Kier molecular flexibility index (Phi) is 5.96. The molecule has 0 bridgehead atoms. The summed E-state index contributed by atoms with van der Waals surface area (Å²) in [5.41, 5.74) is 0. The molecule has 2 heterocycles. The van der Waals surface area contributed by atoms with E-state index in [2.05, 4.69) is 20.5 Å². The standard InChI is InChI=1S/C21H26FN5O3/c1-13-23-20(26-25-13)17-10-27(11-18(17)24-21(29)14-4-2-3-5-14)19(28)12-30-16-8-6-15(22)7-9-16/h6-9,14,17-18H,2-5,10-12H2,1H3,(H,24,29)(H,23,25,26)/t17-,18-/m1/s1. The van der Waals surface area contributed by atoms with E-state index < -0.39 is 0 Å². The van der Waals surface area contributed by atoms with Gasteiger partial charge in [-0.15, -0.1) is 0 Å². The molecule has 2 atom stereocenters. The summed E-state index contributed by atoms with van der Waals surface area (Å²) in [4.78, 5) is 31.5. The van der Waals surface area contributed by atoms with Gasteiger partial charge in [0.1, 0.15) is 17.4 Å². The average Bonchev–Trinajstić information content (AvgIpc) is 3.48. The van der Waals surface area contributed by atoms with Crippen molar-refractivity contribution in [3.8, 4) is 5.75 Å². The molecule has 2 aliphatic rings. The number of ether oxygens (including phenoxy) is 1. The minimum absolute atomic E-state index is 0.0473. The number of rotatable bonds is 6. The summed E-state index contributed by atoms with van der Waals surface area (Å²) in [6.45, 7) is 2.44. The highest BCUT2D eigenvalue weighted by Gasteiger charge is 2.40. The van der Waals surface area contributed by atoms with E-state index in [0.29, 0.717) is 30.5 Å². The van der Waals surface area contributed by atoms with Crippen LogP contribution in [0.5, 0.6) is 5.75 Å². The molecule has 1 aromatic carbocycles. The molecule has 4 rings (SSSR count). The van der Waals surface area contributed by atoms with Gasteiger partial charge in [-0.2, -0.15) is 5.10 Å². The monoisotopic (exact) mass is 415 g/mol. The predicted molar refractivity (Wildman–Crippen MR) is 106 cm³/mol. The highest BCUT2D eigenvalue weighted by molar-refractivity contribution is 5.80. The van der Waals surface area contributed by atoms with E-state index >= 15 is 0 Å². The van der Waals surface area contributed by atoms with Crippen LogP contribution in [0, 0.1) is 18.7 Å². The molecule has 9 heteroatoms. The third kappa shape index (κ3) is 4.60. The second-order valence-corrected chi connectivity index (χ2v) is 8.02. The highest BCUT2D eigenvalue weighted by Crippen LogP contribution is 2.29. The molecule has 8 nitrogen and oxygen atoms in total. The van der Waals surface area contributed by atoms with Crippen LogP contribution in [0.4, 0.5) is 4.39 Å². The number of benzene rings is 1. The first kappa shape index (κ1) is 20.3. The number of hydrogen-bond acceptors (Lipinski definition) is 5. The first-order chi connectivity index (χ1) is 14.5. The Hall–Kier alpha value is -2.97. The lowest BCUT2D eigenvalue weighted by atomic mass is 10.0. The summed E-state index contributed by atoms with van der Waals surface area (Å²) >= 11 is 0. The molecule has 1 aliphatic heterocycles. The van der Waals surface area contributed by atoms with Crippen molar-refractivity contribution >= 4 is 11.8 Å². The molecule has 1 aromatic heterocycles. The van der Waals surface area contributed by atoms with Gasteiger partial charge in [0, 0.05) is 19.0 Å². The minimum Gasteiger partial charge on any atom is -0.484 e. The molecular weight excluding hydrogens is 389 g/mol. The van der Waals surface area contributed by atoms with E-state index in [-0.39, 0.29) is 42.1 Å².